The Morgan fingerprint density at radius 2 is 1.83 bits per heavy atom. The molecule has 0 aromatic rings. The topological polar surface area (TPSA) is 15.3 Å². The summed E-state index contributed by atoms with van der Waals surface area (Å²) in [5.41, 5.74) is 0.379. The van der Waals surface area contributed by atoms with Crippen LogP contribution in [0.4, 0.5) is 0 Å². The third-order valence-corrected chi connectivity index (χ3v) is 5.11. The van der Waals surface area contributed by atoms with Gasteiger partial charge in [0.15, 0.2) is 0 Å². The highest BCUT2D eigenvalue weighted by Crippen LogP contribution is 2.33. The minimum atomic E-state index is 0.379. The van der Waals surface area contributed by atoms with Crippen molar-refractivity contribution in [3.05, 3.63) is 0 Å². The van der Waals surface area contributed by atoms with Gasteiger partial charge in [-0.15, -0.1) is 0 Å². The Bertz CT molecular complexity index is 269. The molecule has 106 valence electrons. The van der Waals surface area contributed by atoms with Gasteiger partial charge in [0.25, 0.3) is 0 Å². The third kappa shape index (κ3) is 3.27. The summed E-state index contributed by atoms with van der Waals surface area (Å²) in [5.74, 6) is 1.82. The molecule has 2 aliphatic rings. The first kappa shape index (κ1) is 14.3. The van der Waals surface area contributed by atoms with E-state index in [9.17, 15) is 0 Å². The Morgan fingerprint density at radius 3 is 2.44 bits per heavy atom. The van der Waals surface area contributed by atoms with Gasteiger partial charge in [-0.3, -0.25) is 4.90 Å². The summed E-state index contributed by atoms with van der Waals surface area (Å²) in [7, 11) is 0. The molecule has 4 atom stereocenters. The van der Waals surface area contributed by atoms with Gasteiger partial charge in [0.05, 0.1) is 0 Å². The van der Waals surface area contributed by atoms with Crippen LogP contribution in [0.3, 0.4) is 0 Å². The van der Waals surface area contributed by atoms with Crippen LogP contribution in [-0.4, -0.2) is 36.6 Å². The van der Waals surface area contributed by atoms with Gasteiger partial charge in [0, 0.05) is 31.7 Å². The van der Waals surface area contributed by atoms with Crippen LogP contribution in [0.25, 0.3) is 0 Å². The van der Waals surface area contributed by atoms with E-state index >= 15 is 0 Å². The number of rotatable bonds is 1. The van der Waals surface area contributed by atoms with Crippen molar-refractivity contribution in [2.75, 3.05) is 19.6 Å². The van der Waals surface area contributed by atoms with Crippen molar-refractivity contribution in [1.29, 1.82) is 0 Å². The van der Waals surface area contributed by atoms with E-state index < -0.39 is 0 Å². The van der Waals surface area contributed by atoms with Gasteiger partial charge in [0.1, 0.15) is 0 Å². The second-order valence-electron chi connectivity index (χ2n) is 7.83. The fourth-order valence-electron chi connectivity index (χ4n) is 3.85. The molecule has 2 nitrogen and oxygen atoms in total. The highest BCUT2D eigenvalue weighted by Gasteiger charge is 2.35. The first-order valence-corrected chi connectivity index (χ1v) is 7.85. The van der Waals surface area contributed by atoms with Gasteiger partial charge in [-0.25, -0.2) is 0 Å². The second kappa shape index (κ2) is 5.50. The van der Waals surface area contributed by atoms with E-state index in [4.69, 9.17) is 0 Å². The maximum atomic E-state index is 3.71. The zero-order chi connectivity index (χ0) is 13.3. The number of hydrogen-bond acceptors (Lipinski definition) is 2. The predicted octanol–water partition coefficient (Wildman–Crippen LogP) is 3.13. The van der Waals surface area contributed by atoms with Gasteiger partial charge < -0.3 is 5.32 Å². The van der Waals surface area contributed by atoms with Crippen LogP contribution in [0, 0.1) is 17.3 Å². The highest BCUT2D eigenvalue weighted by molar-refractivity contribution is 4.92. The number of nitrogens with zero attached hydrogens (tertiary/aromatic N) is 1. The van der Waals surface area contributed by atoms with Crippen molar-refractivity contribution in [3.63, 3.8) is 0 Å². The monoisotopic (exact) mass is 252 g/mol. The van der Waals surface area contributed by atoms with E-state index in [0.29, 0.717) is 11.5 Å². The van der Waals surface area contributed by atoms with Crippen LogP contribution >= 0.6 is 0 Å². The molecule has 0 spiro atoms. The lowest BCUT2D eigenvalue weighted by molar-refractivity contribution is 0.0456. The van der Waals surface area contributed by atoms with Gasteiger partial charge >= 0.3 is 0 Å². The quantitative estimate of drug-likeness (QED) is 0.771. The molecular weight excluding hydrogens is 220 g/mol. The molecule has 1 aliphatic heterocycles. The molecule has 2 heteroatoms. The largest absolute Gasteiger partial charge is 0.311 e. The van der Waals surface area contributed by atoms with E-state index in [1.54, 1.807) is 0 Å². The van der Waals surface area contributed by atoms with Crippen molar-refractivity contribution >= 4 is 0 Å². The van der Waals surface area contributed by atoms with E-state index in [2.05, 4.69) is 44.8 Å². The van der Waals surface area contributed by atoms with Crippen molar-refractivity contribution in [1.82, 2.24) is 10.2 Å². The fraction of sp³-hybridized carbons (Fsp3) is 1.00. The number of piperazine rings is 1. The minimum absolute atomic E-state index is 0.379. The van der Waals surface area contributed by atoms with Crippen molar-refractivity contribution in [2.45, 2.75) is 66.0 Å². The Morgan fingerprint density at radius 1 is 1.11 bits per heavy atom. The fourth-order valence-corrected chi connectivity index (χ4v) is 3.85. The van der Waals surface area contributed by atoms with Crippen LogP contribution in [-0.2, 0) is 0 Å². The van der Waals surface area contributed by atoms with E-state index in [-0.39, 0.29) is 0 Å². The lowest BCUT2D eigenvalue weighted by Crippen LogP contribution is -2.59. The van der Waals surface area contributed by atoms with Gasteiger partial charge in [-0.1, -0.05) is 34.6 Å². The number of hydrogen-bond donors (Lipinski definition) is 1. The van der Waals surface area contributed by atoms with E-state index in [1.807, 2.05) is 0 Å². The van der Waals surface area contributed by atoms with E-state index in [0.717, 1.165) is 17.9 Å². The molecule has 1 N–H and O–H groups in total. The summed E-state index contributed by atoms with van der Waals surface area (Å²) < 4.78 is 0. The van der Waals surface area contributed by atoms with Gasteiger partial charge in [-0.2, -0.15) is 0 Å². The average Bonchev–Trinajstić information content (AvgIpc) is 2.28. The van der Waals surface area contributed by atoms with Crippen molar-refractivity contribution in [2.24, 2.45) is 17.3 Å². The van der Waals surface area contributed by atoms with Crippen LogP contribution in [0.1, 0.15) is 53.9 Å². The zero-order valence-corrected chi connectivity index (χ0v) is 13.0. The van der Waals surface area contributed by atoms with Crippen molar-refractivity contribution in [3.8, 4) is 0 Å². The molecule has 2 rings (SSSR count). The molecule has 0 aromatic carbocycles. The normalized spacial score (nSPS) is 39.8. The molecule has 4 unspecified atom stereocenters. The third-order valence-electron chi connectivity index (χ3n) is 5.11. The molecular formula is C16H32N2. The summed E-state index contributed by atoms with van der Waals surface area (Å²) in [6, 6.07) is 1.49. The van der Waals surface area contributed by atoms with Gasteiger partial charge in [-0.05, 0) is 36.5 Å². The zero-order valence-electron chi connectivity index (χ0n) is 13.0. The second-order valence-corrected chi connectivity index (χ2v) is 7.83. The molecule has 1 heterocycles. The van der Waals surface area contributed by atoms with Crippen LogP contribution in [0.2, 0.25) is 0 Å². The van der Waals surface area contributed by atoms with Gasteiger partial charge in [0.2, 0.25) is 0 Å². The lowest BCUT2D eigenvalue weighted by Gasteiger charge is -2.47. The van der Waals surface area contributed by atoms with Crippen LogP contribution < -0.4 is 5.32 Å². The molecule has 0 radical (unpaired) electrons. The smallest absolute Gasteiger partial charge is 0.0244 e. The molecule has 18 heavy (non-hydrogen) atoms. The summed E-state index contributed by atoms with van der Waals surface area (Å²) in [4.78, 5) is 2.78. The summed E-state index contributed by atoms with van der Waals surface area (Å²) >= 11 is 0. The predicted molar refractivity (Wildman–Crippen MR) is 78.8 cm³/mol. The first-order valence-electron chi connectivity index (χ1n) is 7.85. The standard InChI is InChI=1S/C16H32N2/c1-12-6-7-14(13(2)10-12)18-9-8-17-15(11-18)16(3,4)5/h12-15,17H,6-11H2,1-5H3. The molecule has 1 saturated heterocycles. The minimum Gasteiger partial charge on any atom is -0.311 e. The van der Waals surface area contributed by atoms with Crippen LogP contribution in [0.5, 0.6) is 0 Å². The molecule has 0 amide bonds. The number of nitrogens with one attached hydrogen (secondary N) is 1. The summed E-state index contributed by atoms with van der Waals surface area (Å²) in [5, 5.41) is 3.71. The summed E-state index contributed by atoms with van der Waals surface area (Å²) in [6.45, 7) is 15.6. The van der Waals surface area contributed by atoms with E-state index in [1.165, 1.54) is 38.9 Å². The molecule has 2 fully saturated rings. The maximum absolute atomic E-state index is 3.71. The summed E-state index contributed by atoms with van der Waals surface area (Å²) in [6.07, 6.45) is 4.27. The molecule has 1 aliphatic carbocycles. The first-order chi connectivity index (χ1) is 8.38. The Kier molecular flexibility index (Phi) is 4.38. The lowest BCUT2D eigenvalue weighted by atomic mass is 9.78. The van der Waals surface area contributed by atoms with Crippen molar-refractivity contribution < 1.29 is 0 Å². The highest BCUT2D eigenvalue weighted by atomic mass is 15.2. The molecule has 0 aromatic heterocycles. The maximum Gasteiger partial charge on any atom is 0.0244 e. The Hall–Kier alpha value is -0.0800. The Labute approximate surface area is 114 Å². The van der Waals surface area contributed by atoms with Crippen LogP contribution in [0.15, 0.2) is 0 Å². The average molecular weight is 252 g/mol. The molecule has 1 saturated carbocycles. The SMILES string of the molecule is CC1CCC(N2CCNC(C(C)(C)C)C2)C(C)C1. The molecule has 0 bridgehead atoms. The Balaban J connectivity index is 1.96.